The molecule has 2 fully saturated rings. The van der Waals surface area contributed by atoms with Gasteiger partial charge in [-0.25, -0.2) is 0 Å². The van der Waals surface area contributed by atoms with Gasteiger partial charge in [-0.15, -0.1) is 0 Å². The van der Waals surface area contributed by atoms with Crippen LogP contribution in [-0.2, 0) is 9.59 Å². The highest BCUT2D eigenvalue weighted by molar-refractivity contribution is 5.89. The monoisotopic (exact) mass is 253 g/mol. The van der Waals surface area contributed by atoms with Crippen molar-refractivity contribution in [1.29, 1.82) is 0 Å². The quantitative estimate of drug-likeness (QED) is 0.669. The van der Waals surface area contributed by atoms with Crippen LogP contribution in [0.15, 0.2) is 0 Å². The third kappa shape index (κ3) is 3.02. The lowest BCUT2D eigenvalue weighted by Crippen LogP contribution is -2.52. The Kier molecular flexibility index (Phi) is 4.58. The zero-order valence-corrected chi connectivity index (χ0v) is 10.8. The number of nitrogens with two attached hydrogens (primary N) is 1. The number of hydrogen-bond acceptors (Lipinski definition) is 3. The van der Waals surface area contributed by atoms with Crippen LogP contribution in [-0.4, -0.2) is 30.9 Å². The minimum Gasteiger partial charge on any atom is -0.354 e. The van der Waals surface area contributed by atoms with Crippen LogP contribution in [0.1, 0.15) is 38.5 Å². The van der Waals surface area contributed by atoms with Crippen molar-refractivity contribution in [1.82, 2.24) is 10.6 Å². The van der Waals surface area contributed by atoms with Gasteiger partial charge in [-0.1, -0.05) is 12.8 Å². The van der Waals surface area contributed by atoms with E-state index in [0.717, 1.165) is 45.1 Å². The Morgan fingerprint density at radius 3 is 2.78 bits per heavy atom. The van der Waals surface area contributed by atoms with Gasteiger partial charge >= 0.3 is 0 Å². The molecule has 18 heavy (non-hydrogen) atoms. The van der Waals surface area contributed by atoms with Crippen molar-refractivity contribution in [2.45, 2.75) is 44.6 Å². The number of piperidine rings is 1. The largest absolute Gasteiger partial charge is 0.354 e. The van der Waals surface area contributed by atoms with Gasteiger partial charge in [0.2, 0.25) is 11.8 Å². The van der Waals surface area contributed by atoms with Crippen LogP contribution in [0.5, 0.6) is 0 Å². The summed E-state index contributed by atoms with van der Waals surface area (Å²) in [4.78, 5) is 23.8. The van der Waals surface area contributed by atoms with Gasteiger partial charge in [0, 0.05) is 12.5 Å². The molecular weight excluding hydrogens is 230 g/mol. The first-order valence-electron chi connectivity index (χ1n) is 7.00. The fourth-order valence-electron chi connectivity index (χ4n) is 3.02. The molecule has 0 bridgehead atoms. The van der Waals surface area contributed by atoms with E-state index in [4.69, 9.17) is 5.73 Å². The number of hydrogen-bond donors (Lipinski definition) is 3. The molecule has 0 aromatic heterocycles. The molecule has 2 rings (SSSR count). The minimum absolute atomic E-state index is 0.00141. The predicted molar refractivity (Wildman–Crippen MR) is 68.7 cm³/mol. The average Bonchev–Trinajstić information content (AvgIpc) is 2.41. The van der Waals surface area contributed by atoms with Gasteiger partial charge in [-0.05, 0) is 38.1 Å². The summed E-state index contributed by atoms with van der Waals surface area (Å²) in [6.07, 6.45) is 5.87. The molecule has 0 spiro atoms. The van der Waals surface area contributed by atoms with E-state index >= 15 is 0 Å². The smallest absolute Gasteiger partial charge is 0.242 e. The minimum atomic E-state index is -0.341. The maximum absolute atomic E-state index is 12.2. The SMILES string of the molecule is NCC1CCCCC1C(=O)NC1CCCNC1=O. The summed E-state index contributed by atoms with van der Waals surface area (Å²) in [6, 6.07) is -0.341. The lowest BCUT2D eigenvalue weighted by Gasteiger charge is -2.31. The van der Waals surface area contributed by atoms with Crippen molar-refractivity contribution >= 4 is 11.8 Å². The highest BCUT2D eigenvalue weighted by Gasteiger charge is 2.32. The summed E-state index contributed by atoms with van der Waals surface area (Å²) in [5, 5.41) is 5.68. The Hall–Kier alpha value is -1.10. The van der Waals surface area contributed by atoms with E-state index < -0.39 is 0 Å². The van der Waals surface area contributed by atoms with Crippen LogP contribution in [0.3, 0.4) is 0 Å². The van der Waals surface area contributed by atoms with Gasteiger partial charge in [0.05, 0.1) is 0 Å². The number of carbonyl (C=O) groups excluding carboxylic acids is 2. The molecule has 4 N–H and O–H groups in total. The van der Waals surface area contributed by atoms with Gasteiger partial charge in [0.15, 0.2) is 0 Å². The zero-order chi connectivity index (χ0) is 13.0. The average molecular weight is 253 g/mol. The molecule has 1 aliphatic heterocycles. The van der Waals surface area contributed by atoms with Gasteiger partial charge in [0.25, 0.3) is 0 Å². The second-order valence-corrected chi connectivity index (χ2v) is 5.38. The fourth-order valence-corrected chi connectivity index (χ4v) is 3.02. The second kappa shape index (κ2) is 6.18. The predicted octanol–water partition coefficient (Wildman–Crippen LogP) is 0.146. The van der Waals surface area contributed by atoms with E-state index in [1.54, 1.807) is 0 Å². The molecule has 0 radical (unpaired) electrons. The molecule has 1 heterocycles. The highest BCUT2D eigenvalue weighted by Crippen LogP contribution is 2.29. The van der Waals surface area contributed by atoms with Crippen molar-refractivity contribution in [2.24, 2.45) is 17.6 Å². The second-order valence-electron chi connectivity index (χ2n) is 5.38. The molecule has 0 aromatic carbocycles. The van der Waals surface area contributed by atoms with Crippen molar-refractivity contribution in [2.75, 3.05) is 13.1 Å². The molecule has 5 heteroatoms. The van der Waals surface area contributed by atoms with E-state index in [9.17, 15) is 9.59 Å². The Labute approximate surface area is 108 Å². The van der Waals surface area contributed by atoms with Gasteiger partial charge in [0.1, 0.15) is 6.04 Å². The molecule has 2 amide bonds. The third-order valence-corrected chi connectivity index (χ3v) is 4.15. The lowest BCUT2D eigenvalue weighted by molar-refractivity contribution is -0.133. The topological polar surface area (TPSA) is 84.2 Å². The van der Waals surface area contributed by atoms with Crippen LogP contribution in [0.4, 0.5) is 0 Å². The Morgan fingerprint density at radius 2 is 2.06 bits per heavy atom. The van der Waals surface area contributed by atoms with Crippen LogP contribution in [0.25, 0.3) is 0 Å². The summed E-state index contributed by atoms with van der Waals surface area (Å²) in [6.45, 7) is 1.29. The molecule has 1 saturated carbocycles. The molecule has 5 nitrogen and oxygen atoms in total. The molecule has 1 aliphatic carbocycles. The fraction of sp³-hybridized carbons (Fsp3) is 0.846. The van der Waals surface area contributed by atoms with E-state index in [-0.39, 0.29) is 29.7 Å². The van der Waals surface area contributed by atoms with Gasteiger partial charge in [-0.2, -0.15) is 0 Å². The summed E-state index contributed by atoms with van der Waals surface area (Å²) in [5.74, 6) is 0.255. The molecule has 1 saturated heterocycles. The number of nitrogens with one attached hydrogen (secondary N) is 2. The van der Waals surface area contributed by atoms with E-state index in [1.807, 2.05) is 0 Å². The molecule has 2 aliphatic rings. The Bertz CT molecular complexity index is 319. The highest BCUT2D eigenvalue weighted by atomic mass is 16.2. The first kappa shape index (κ1) is 13.3. The Morgan fingerprint density at radius 1 is 1.28 bits per heavy atom. The van der Waals surface area contributed by atoms with Gasteiger partial charge in [-0.3, -0.25) is 9.59 Å². The summed E-state index contributed by atoms with van der Waals surface area (Å²) >= 11 is 0. The zero-order valence-electron chi connectivity index (χ0n) is 10.8. The summed E-state index contributed by atoms with van der Waals surface area (Å²) in [5.41, 5.74) is 5.73. The van der Waals surface area contributed by atoms with Crippen molar-refractivity contribution in [3.63, 3.8) is 0 Å². The molecule has 0 aromatic rings. The van der Waals surface area contributed by atoms with Crippen molar-refractivity contribution in [3.05, 3.63) is 0 Å². The van der Waals surface area contributed by atoms with Crippen LogP contribution in [0, 0.1) is 11.8 Å². The van der Waals surface area contributed by atoms with Crippen LogP contribution in [0.2, 0.25) is 0 Å². The van der Waals surface area contributed by atoms with E-state index in [0.29, 0.717) is 6.54 Å². The number of carbonyl (C=O) groups is 2. The maximum Gasteiger partial charge on any atom is 0.242 e. The summed E-state index contributed by atoms with van der Waals surface area (Å²) < 4.78 is 0. The third-order valence-electron chi connectivity index (χ3n) is 4.15. The van der Waals surface area contributed by atoms with E-state index in [2.05, 4.69) is 10.6 Å². The molecular formula is C13H23N3O2. The lowest BCUT2D eigenvalue weighted by atomic mass is 9.78. The van der Waals surface area contributed by atoms with Crippen LogP contribution >= 0.6 is 0 Å². The normalized spacial score (nSPS) is 32.7. The molecule has 102 valence electrons. The number of rotatable bonds is 3. The van der Waals surface area contributed by atoms with Crippen molar-refractivity contribution < 1.29 is 9.59 Å². The van der Waals surface area contributed by atoms with E-state index in [1.165, 1.54) is 0 Å². The van der Waals surface area contributed by atoms with Gasteiger partial charge < -0.3 is 16.4 Å². The first-order chi connectivity index (χ1) is 8.72. The Balaban J connectivity index is 1.91. The maximum atomic E-state index is 12.2. The first-order valence-corrected chi connectivity index (χ1v) is 7.00. The molecule has 3 unspecified atom stereocenters. The summed E-state index contributed by atoms with van der Waals surface area (Å²) in [7, 11) is 0. The van der Waals surface area contributed by atoms with Crippen LogP contribution < -0.4 is 16.4 Å². The standard InChI is InChI=1S/C13H23N3O2/c14-8-9-4-1-2-5-10(9)12(17)16-11-6-3-7-15-13(11)18/h9-11H,1-8,14H2,(H,15,18)(H,16,17). The van der Waals surface area contributed by atoms with Crippen molar-refractivity contribution in [3.8, 4) is 0 Å². The number of amides is 2. The molecule has 3 atom stereocenters.